The van der Waals surface area contributed by atoms with E-state index in [1.165, 1.54) is 60.8 Å². The Balaban J connectivity index is 0.926. The number of anilines is 3. The first kappa shape index (κ1) is 35.2. The maximum absolute atomic E-state index is 6.23. The van der Waals surface area contributed by atoms with Gasteiger partial charge in [-0.15, -0.1) is 0 Å². The summed E-state index contributed by atoms with van der Waals surface area (Å²) < 4.78 is 6.23. The van der Waals surface area contributed by atoms with Crippen molar-refractivity contribution in [1.29, 1.82) is 0 Å². The highest BCUT2D eigenvalue weighted by Gasteiger charge is 2.16. The van der Waals surface area contributed by atoms with Crippen LogP contribution in [0.4, 0.5) is 17.1 Å². The van der Waals surface area contributed by atoms with Crippen LogP contribution in [-0.4, -0.2) is 0 Å². The Labute approximate surface area is 349 Å². The highest BCUT2D eigenvalue weighted by atomic mass is 16.3. The number of nitrogens with zero attached hydrogens (tertiary/aromatic N) is 1. The van der Waals surface area contributed by atoms with Gasteiger partial charge in [0.05, 0.1) is 0 Å². The molecule has 0 bridgehead atoms. The monoisotopic (exact) mass is 765 g/mol. The minimum Gasteiger partial charge on any atom is -0.456 e. The third-order valence-corrected chi connectivity index (χ3v) is 11.7. The fourth-order valence-electron chi connectivity index (χ4n) is 8.52. The maximum atomic E-state index is 6.23. The fourth-order valence-corrected chi connectivity index (χ4v) is 8.52. The fraction of sp³-hybridized carbons (Fsp3) is 0. The lowest BCUT2D eigenvalue weighted by Crippen LogP contribution is -2.09. The lowest BCUT2D eigenvalue weighted by Gasteiger charge is -2.26. The minimum atomic E-state index is 0.882. The predicted octanol–water partition coefficient (Wildman–Crippen LogP) is 16.5. The molecule has 0 amide bonds. The molecular weight excluding hydrogens is 727 g/mol. The van der Waals surface area contributed by atoms with Gasteiger partial charge in [-0.3, -0.25) is 0 Å². The van der Waals surface area contributed by atoms with Crippen molar-refractivity contribution in [3.8, 4) is 55.6 Å². The van der Waals surface area contributed by atoms with Crippen LogP contribution >= 0.6 is 0 Å². The SMILES string of the molecule is c1ccc(-c2ccc(-c3ccc(N(c4ccc(-c5cccc(-c6cccc(-c7ccc8ccccc8c7)c6)c5)cc4)c4ccc5oc6ccccc6c5c4)cc3)cc2)cc1. The molecule has 10 aromatic carbocycles. The molecule has 60 heavy (non-hydrogen) atoms. The smallest absolute Gasteiger partial charge is 0.135 e. The van der Waals surface area contributed by atoms with Crippen LogP contribution < -0.4 is 4.90 Å². The lowest BCUT2D eigenvalue weighted by atomic mass is 9.95. The molecule has 0 atom stereocenters. The summed E-state index contributed by atoms with van der Waals surface area (Å²) in [5.41, 5.74) is 16.9. The topological polar surface area (TPSA) is 16.4 Å². The van der Waals surface area contributed by atoms with Gasteiger partial charge in [-0.1, -0.05) is 170 Å². The van der Waals surface area contributed by atoms with E-state index >= 15 is 0 Å². The zero-order valence-corrected chi connectivity index (χ0v) is 32.9. The highest BCUT2D eigenvalue weighted by Crippen LogP contribution is 2.40. The molecule has 0 unspecified atom stereocenters. The van der Waals surface area contributed by atoms with Gasteiger partial charge in [0.1, 0.15) is 11.2 Å². The van der Waals surface area contributed by atoms with E-state index in [1.807, 2.05) is 12.1 Å². The van der Waals surface area contributed by atoms with Crippen LogP contribution in [0.5, 0.6) is 0 Å². The number of rotatable bonds is 8. The predicted molar refractivity (Wildman–Crippen MR) is 253 cm³/mol. The number of hydrogen-bond donors (Lipinski definition) is 0. The Morgan fingerprint density at radius 1 is 0.233 bits per heavy atom. The van der Waals surface area contributed by atoms with Crippen LogP contribution in [0, 0.1) is 0 Å². The van der Waals surface area contributed by atoms with Gasteiger partial charge in [-0.2, -0.15) is 0 Å². The average Bonchev–Trinajstić information content (AvgIpc) is 3.70. The first-order chi connectivity index (χ1) is 29.7. The largest absolute Gasteiger partial charge is 0.456 e. The summed E-state index contributed by atoms with van der Waals surface area (Å²) in [7, 11) is 0. The Morgan fingerprint density at radius 3 is 1.28 bits per heavy atom. The summed E-state index contributed by atoms with van der Waals surface area (Å²) in [6.45, 7) is 0. The van der Waals surface area contributed by atoms with Gasteiger partial charge in [0, 0.05) is 27.8 Å². The molecule has 2 nitrogen and oxygen atoms in total. The Kier molecular flexibility index (Phi) is 8.87. The van der Waals surface area contributed by atoms with Gasteiger partial charge in [0.2, 0.25) is 0 Å². The van der Waals surface area contributed by atoms with E-state index in [9.17, 15) is 0 Å². The number of hydrogen-bond acceptors (Lipinski definition) is 2. The van der Waals surface area contributed by atoms with Crippen molar-refractivity contribution in [2.24, 2.45) is 0 Å². The lowest BCUT2D eigenvalue weighted by molar-refractivity contribution is 0.669. The molecule has 2 heteroatoms. The second kappa shape index (κ2) is 15.1. The quantitative estimate of drug-likeness (QED) is 0.153. The first-order valence-corrected chi connectivity index (χ1v) is 20.5. The minimum absolute atomic E-state index is 0.882. The summed E-state index contributed by atoms with van der Waals surface area (Å²) in [6.07, 6.45) is 0. The van der Waals surface area contributed by atoms with Crippen LogP contribution in [-0.2, 0) is 0 Å². The van der Waals surface area contributed by atoms with Crippen molar-refractivity contribution in [2.45, 2.75) is 0 Å². The molecule has 0 N–H and O–H groups in total. The van der Waals surface area contributed by atoms with Crippen molar-refractivity contribution >= 4 is 49.8 Å². The van der Waals surface area contributed by atoms with Crippen LogP contribution in [0.15, 0.2) is 241 Å². The van der Waals surface area contributed by atoms with Crippen molar-refractivity contribution in [3.05, 3.63) is 237 Å². The van der Waals surface area contributed by atoms with Crippen molar-refractivity contribution in [2.75, 3.05) is 4.90 Å². The third kappa shape index (κ3) is 6.70. The van der Waals surface area contributed by atoms with Crippen LogP contribution in [0.3, 0.4) is 0 Å². The van der Waals surface area contributed by atoms with Gasteiger partial charge in [0.25, 0.3) is 0 Å². The van der Waals surface area contributed by atoms with Gasteiger partial charge in [0.15, 0.2) is 0 Å². The third-order valence-electron chi connectivity index (χ3n) is 11.7. The average molecular weight is 766 g/mol. The van der Waals surface area contributed by atoms with Gasteiger partial charge < -0.3 is 9.32 Å². The van der Waals surface area contributed by atoms with Crippen molar-refractivity contribution in [1.82, 2.24) is 0 Å². The second-order valence-corrected chi connectivity index (χ2v) is 15.4. The zero-order chi connectivity index (χ0) is 39.8. The zero-order valence-electron chi connectivity index (χ0n) is 32.9. The molecular formula is C58H39NO. The summed E-state index contributed by atoms with van der Waals surface area (Å²) >= 11 is 0. The molecule has 0 fully saturated rings. The van der Waals surface area contributed by atoms with E-state index in [2.05, 4.69) is 229 Å². The molecule has 0 saturated heterocycles. The molecule has 0 spiro atoms. The summed E-state index contributed by atoms with van der Waals surface area (Å²) in [5, 5.41) is 4.72. The molecule has 0 radical (unpaired) electrons. The molecule has 11 rings (SSSR count). The van der Waals surface area contributed by atoms with E-state index in [1.54, 1.807) is 0 Å². The molecule has 11 aromatic rings. The van der Waals surface area contributed by atoms with Crippen LogP contribution in [0.1, 0.15) is 0 Å². The van der Waals surface area contributed by atoms with Crippen molar-refractivity contribution < 1.29 is 4.42 Å². The van der Waals surface area contributed by atoms with E-state index < -0.39 is 0 Å². The van der Waals surface area contributed by atoms with Crippen LogP contribution in [0.2, 0.25) is 0 Å². The van der Waals surface area contributed by atoms with Crippen molar-refractivity contribution in [3.63, 3.8) is 0 Å². The molecule has 1 aromatic heterocycles. The van der Waals surface area contributed by atoms with Gasteiger partial charge >= 0.3 is 0 Å². The van der Waals surface area contributed by atoms with Crippen LogP contribution in [0.25, 0.3) is 88.3 Å². The van der Waals surface area contributed by atoms with E-state index in [0.717, 1.165) is 44.6 Å². The summed E-state index contributed by atoms with van der Waals surface area (Å²) in [5.74, 6) is 0. The van der Waals surface area contributed by atoms with Gasteiger partial charge in [-0.05, 0) is 133 Å². The standard InChI is InChI=1S/C58H39NO/c1-2-10-40(11-3-1)42-20-22-43(23-21-42)44-26-30-52(31-27-44)59(54-34-35-58-56(39-54)55-18-6-7-19-57(55)60-58)53-32-28-45(29-33-53)47-14-8-15-48(36-47)49-16-9-17-50(38-49)51-25-24-41-12-4-5-13-46(41)37-51/h1-39H. The summed E-state index contributed by atoms with van der Waals surface area (Å²) in [6, 6.07) is 84.9. The number of para-hydroxylation sites is 1. The Hall–Kier alpha value is -7.94. The molecule has 0 saturated carbocycles. The molecule has 0 aliphatic heterocycles. The number of benzene rings is 10. The second-order valence-electron chi connectivity index (χ2n) is 15.4. The Morgan fingerprint density at radius 2 is 0.650 bits per heavy atom. The number of furan rings is 1. The molecule has 0 aliphatic rings. The molecule has 1 heterocycles. The summed E-state index contributed by atoms with van der Waals surface area (Å²) in [4.78, 5) is 2.34. The highest BCUT2D eigenvalue weighted by molar-refractivity contribution is 6.06. The number of fused-ring (bicyclic) bond motifs is 4. The first-order valence-electron chi connectivity index (χ1n) is 20.5. The van der Waals surface area contributed by atoms with Gasteiger partial charge in [-0.25, -0.2) is 0 Å². The maximum Gasteiger partial charge on any atom is 0.135 e. The van der Waals surface area contributed by atoms with E-state index in [0.29, 0.717) is 0 Å². The Bertz CT molecular complexity index is 3290. The van der Waals surface area contributed by atoms with E-state index in [-0.39, 0.29) is 0 Å². The normalized spacial score (nSPS) is 11.3. The molecule has 282 valence electrons. The molecule has 0 aliphatic carbocycles. The van der Waals surface area contributed by atoms with E-state index in [4.69, 9.17) is 4.42 Å².